The van der Waals surface area contributed by atoms with Gasteiger partial charge in [0.2, 0.25) is 0 Å². The number of aliphatic hydroxyl groups is 3. The van der Waals surface area contributed by atoms with Crippen LogP contribution < -0.4 is 5.69 Å². The predicted octanol–water partition coefficient (Wildman–Crippen LogP) is 3.34. The van der Waals surface area contributed by atoms with E-state index in [4.69, 9.17) is 0 Å². The molecule has 1 aliphatic rings. The van der Waals surface area contributed by atoms with Gasteiger partial charge in [0.25, 0.3) is 0 Å². The number of aromatic nitrogens is 2. The van der Waals surface area contributed by atoms with Gasteiger partial charge < -0.3 is 25.2 Å². The van der Waals surface area contributed by atoms with Crippen molar-refractivity contribution in [2.45, 2.75) is 43.6 Å². The normalized spacial score (nSPS) is 17.8. The summed E-state index contributed by atoms with van der Waals surface area (Å²) in [7, 11) is 0. The number of imidazole rings is 1. The van der Waals surface area contributed by atoms with Crippen molar-refractivity contribution in [1.29, 1.82) is 0 Å². The molecule has 1 saturated heterocycles. The van der Waals surface area contributed by atoms with Gasteiger partial charge in [-0.3, -0.25) is 4.57 Å². The summed E-state index contributed by atoms with van der Waals surface area (Å²) >= 11 is 0. The maximum Gasteiger partial charge on any atom is 0.326 e. The summed E-state index contributed by atoms with van der Waals surface area (Å²) < 4.78 is 1.87. The number of rotatable bonds is 8. The first-order valence-electron chi connectivity index (χ1n) is 12.6. The van der Waals surface area contributed by atoms with Crippen LogP contribution in [0.1, 0.15) is 47.6 Å². The number of hydrogen-bond acceptors (Lipinski definition) is 5. The molecule has 0 radical (unpaired) electrons. The number of H-pyrrole nitrogens is 1. The van der Waals surface area contributed by atoms with Crippen LogP contribution in [-0.2, 0) is 6.61 Å². The number of aliphatic hydroxyl groups excluding tert-OH is 3. The Kier molecular flexibility index (Phi) is 7.34. The molecule has 4 N–H and O–H groups in total. The molecule has 0 bridgehead atoms. The second-order valence-corrected chi connectivity index (χ2v) is 9.70. The molecule has 7 nitrogen and oxygen atoms in total. The topological polar surface area (TPSA) is 102 Å². The molecule has 5 rings (SSSR count). The van der Waals surface area contributed by atoms with Gasteiger partial charge in [-0.15, -0.1) is 0 Å². The molecule has 0 spiro atoms. The fraction of sp³-hybridized carbons (Fsp3) is 0.345. The molecular weight excluding hydrogens is 454 g/mol. The number of para-hydroxylation sites is 2. The maximum absolute atomic E-state index is 12.6. The SMILES string of the molecule is O=c1[nH]c2ccccc2n1C1CCN(C[C@@H](O)[C@@H](c2ccccc2)[C@@H](O)c2ccc(CO)cc2)CC1. The van der Waals surface area contributed by atoms with Gasteiger partial charge in [-0.05, 0) is 41.7 Å². The molecular formula is C29H33N3O4. The van der Waals surface area contributed by atoms with Gasteiger partial charge in [0.15, 0.2) is 0 Å². The Hall–Kier alpha value is -3.23. The van der Waals surface area contributed by atoms with Gasteiger partial charge in [0.05, 0.1) is 29.8 Å². The quantitative estimate of drug-likeness (QED) is 0.305. The number of nitrogens with one attached hydrogen (secondary N) is 1. The number of piperidine rings is 1. The summed E-state index contributed by atoms with van der Waals surface area (Å²) in [5.41, 5.74) is 4.07. The van der Waals surface area contributed by atoms with Crippen LogP contribution in [0.5, 0.6) is 0 Å². The number of benzene rings is 3. The number of nitrogens with zero attached hydrogens (tertiary/aromatic N) is 2. The van der Waals surface area contributed by atoms with Gasteiger partial charge >= 0.3 is 5.69 Å². The van der Waals surface area contributed by atoms with E-state index in [1.807, 2.05) is 71.3 Å². The van der Waals surface area contributed by atoms with Crippen molar-refractivity contribution in [3.63, 3.8) is 0 Å². The summed E-state index contributed by atoms with van der Waals surface area (Å²) in [6, 6.07) is 24.7. The molecule has 2 heterocycles. The number of aromatic amines is 1. The van der Waals surface area contributed by atoms with Crippen molar-refractivity contribution in [2.75, 3.05) is 19.6 Å². The van der Waals surface area contributed by atoms with E-state index in [0.717, 1.165) is 48.1 Å². The Bertz CT molecular complexity index is 1320. The predicted molar refractivity (Wildman–Crippen MR) is 140 cm³/mol. The lowest BCUT2D eigenvalue weighted by molar-refractivity contribution is 0.0223. The van der Waals surface area contributed by atoms with Crippen molar-refractivity contribution >= 4 is 11.0 Å². The van der Waals surface area contributed by atoms with E-state index in [1.54, 1.807) is 12.1 Å². The highest BCUT2D eigenvalue weighted by atomic mass is 16.3. The Morgan fingerprint density at radius 2 is 1.53 bits per heavy atom. The van der Waals surface area contributed by atoms with E-state index in [2.05, 4.69) is 9.88 Å². The van der Waals surface area contributed by atoms with Crippen LogP contribution in [0.4, 0.5) is 0 Å². The molecule has 0 amide bonds. The molecule has 1 aliphatic heterocycles. The Labute approximate surface area is 210 Å². The first kappa shape index (κ1) is 24.5. The van der Waals surface area contributed by atoms with Crippen LogP contribution >= 0.6 is 0 Å². The highest BCUT2D eigenvalue weighted by molar-refractivity contribution is 5.75. The first-order chi connectivity index (χ1) is 17.5. The van der Waals surface area contributed by atoms with Gasteiger partial charge in [-0.1, -0.05) is 66.7 Å². The average Bonchev–Trinajstić information content (AvgIpc) is 3.25. The molecule has 0 aliphatic carbocycles. The van der Waals surface area contributed by atoms with Crippen molar-refractivity contribution < 1.29 is 15.3 Å². The third-order valence-electron chi connectivity index (χ3n) is 7.43. The van der Waals surface area contributed by atoms with Gasteiger partial charge in [0, 0.05) is 31.6 Å². The summed E-state index contributed by atoms with van der Waals surface area (Å²) in [6.07, 6.45) is -0.0459. The summed E-state index contributed by atoms with van der Waals surface area (Å²) in [5, 5.41) is 32.0. The largest absolute Gasteiger partial charge is 0.392 e. The summed E-state index contributed by atoms with van der Waals surface area (Å²) in [5.74, 6) is -0.500. The monoisotopic (exact) mass is 487 g/mol. The standard InChI is InChI=1S/C29H33N3O4/c33-19-20-10-12-22(13-11-20)28(35)27(21-6-2-1-3-7-21)26(34)18-31-16-14-23(15-17-31)32-25-9-5-4-8-24(25)30-29(32)36/h1-13,23,26-28,33-35H,14-19H2,(H,30,36)/t26-,27-,28+/m1/s1. The molecule has 1 fully saturated rings. The highest BCUT2D eigenvalue weighted by Gasteiger charge is 2.32. The molecule has 1 aromatic heterocycles. The maximum atomic E-state index is 12.6. The number of likely N-dealkylation sites (tertiary alicyclic amines) is 1. The molecule has 0 unspecified atom stereocenters. The lowest BCUT2D eigenvalue weighted by Crippen LogP contribution is -2.43. The van der Waals surface area contributed by atoms with Crippen molar-refractivity contribution in [3.05, 3.63) is 106 Å². The van der Waals surface area contributed by atoms with Crippen molar-refractivity contribution in [3.8, 4) is 0 Å². The lowest BCUT2D eigenvalue weighted by atomic mass is 9.84. The van der Waals surface area contributed by atoms with Crippen LogP contribution in [0.25, 0.3) is 11.0 Å². The van der Waals surface area contributed by atoms with Crippen LogP contribution in [-0.4, -0.2) is 55.5 Å². The zero-order valence-corrected chi connectivity index (χ0v) is 20.2. The Morgan fingerprint density at radius 3 is 2.22 bits per heavy atom. The number of hydrogen-bond donors (Lipinski definition) is 4. The van der Waals surface area contributed by atoms with Crippen LogP contribution in [0.3, 0.4) is 0 Å². The molecule has 188 valence electrons. The van der Waals surface area contributed by atoms with E-state index in [1.165, 1.54) is 0 Å². The fourth-order valence-corrected chi connectivity index (χ4v) is 5.49. The zero-order valence-electron chi connectivity index (χ0n) is 20.2. The lowest BCUT2D eigenvalue weighted by Gasteiger charge is -2.36. The minimum atomic E-state index is -0.891. The Morgan fingerprint density at radius 1 is 0.861 bits per heavy atom. The third kappa shape index (κ3) is 5.01. The Balaban J connectivity index is 1.30. The van der Waals surface area contributed by atoms with Crippen LogP contribution in [0.2, 0.25) is 0 Å². The minimum Gasteiger partial charge on any atom is -0.392 e. The van der Waals surface area contributed by atoms with Crippen molar-refractivity contribution in [1.82, 2.24) is 14.5 Å². The molecule has 0 saturated carbocycles. The highest BCUT2D eigenvalue weighted by Crippen LogP contribution is 2.35. The van der Waals surface area contributed by atoms with Crippen molar-refractivity contribution in [2.24, 2.45) is 0 Å². The van der Waals surface area contributed by atoms with E-state index < -0.39 is 18.1 Å². The molecule has 3 atom stereocenters. The number of β-amino-alcohol motifs (C(OH)–C–C–N with tert-alkyl or cyclic N) is 1. The molecule has 7 heteroatoms. The number of fused-ring (bicyclic) bond motifs is 1. The average molecular weight is 488 g/mol. The van der Waals surface area contributed by atoms with E-state index in [0.29, 0.717) is 12.1 Å². The molecule has 4 aromatic rings. The van der Waals surface area contributed by atoms with Gasteiger partial charge in [-0.25, -0.2) is 4.79 Å². The minimum absolute atomic E-state index is 0.0538. The second kappa shape index (κ2) is 10.8. The van der Waals surface area contributed by atoms with E-state index >= 15 is 0 Å². The van der Waals surface area contributed by atoms with Gasteiger partial charge in [-0.2, -0.15) is 0 Å². The summed E-state index contributed by atoms with van der Waals surface area (Å²) in [4.78, 5) is 17.8. The van der Waals surface area contributed by atoms with E-state index in [9.17, 15) is 20.1 Å². The van der Waals surface area contributed by atoms with Crippen LogP contribution in [0.15, 0.2) is 83.7 Å². The molecule has 36 heavy (non-hydrogen) atoms. The second-order valence-electron chi connectivity index (χ2n) is 9.70. The van der Waals surface area contributed by atoms with Gasteiger partial charge in [0.1, 0.15) is 0 Å². The third-order valence-corrected chi connectivity index (χ3v) is 7.43. The zero-order chi connectivity index (χ0) is 25.1. The summed E-state index contributed by atoms with van der Waals surface area (Å²) in [6.45, 7) is 1.90. The fourth-order valence-electron chi connectivity index (χ4n) is 5.49. The van der Waals surface area contributed by atoms with Crippen LogP contribution in [0, 0.1) is 0 Å². The molecule has 3 aromatic carbocycles. The smallest absolute Gasteiger partial charge is 0.326 e. The van der Waals surface area contributed by atoms with E-state index in [-0.39, 0.29) is 18.3 Å². The first-order valence-corrected chi connectivity index (χ1v) is 12.6.